The average molecular weight is 359 g/mol. The Labute approximate surface area is 153 Å². The van der Waals surface area contributed by atoms with E-state index in [1.165, 1.54) is 0 Å². The minimum atomic E-state index is -0.482. The van der Waals surface area contributed by atoms with E-state index in [-0.39, 0.29) is 12.1 Å². The fraction of sp³-hybridized carbons (Fsp3) is 0.450. The number of likely N-dealkylation sites (tertiary alicyclic amines) is 1. The number of hydrogen-bond donors (Lipinski definition) is 1. The van der Waals surface area contributed by atoms with Gasteiger partial charge in [0, 0.05) is 23.7 Å². The van der Waals surface area contributed by atoms with Crippen molar-refractivity contribution in [2.24, 2.45) is 0 Å². The lowest BCUT2D eigenvalue weighted by atomic mass is 9.92. The van der Waals surface area contributed by atoms with Crippen molar-refractivity contribution in [3.63, 3.8) is 0 Å². The van der Waals surface area contributed by atoms with Crippen molar-refractivity contribution in [3.05, 3.63) is 52.7 Å². The van der Waals surface area contributed by atoms with Gasteiger partial charge in [-0.25, -0.2) is 4.79 Å². The molecule has 1 fully saturated rings. The molecule has 1 aliphatic heterocycles. The number of thiophene rings is 1. The first kappa shape index (κ1) is 17.8. The van der Waals surface area contributed by atoms with Crippen LogP contribution in [-0.2, 0) is 4.74 Å². The second-order valence-corrected chi connectivity index (χ2v) is 8.26. The van der Waals surface area contributed by atoms with Crippen molar-refractivity contribution in [1.82, 2.24) is 4.90 Å². The van der Waals surface area contributed by atoms with E-state index in [1.807, 2.05) is 43.9 Å². The van der Waals surface area contributed by atoms with Crippen LogP contribution in [0.1, 0.15) is 45.2 Å². The molecule has 134 valence electrons. The molecule has 2 aromatic rings. The largest absolute Gasteiger partial charge is 0.444 e. The molecular weight excluding hydrogens is 332 g/mol. The van der Waals surface area contributed by atoms with Crippen molar-refractivity contribution in [2.75, 3.05) is 11.9 Å². The zero-order valence-electron chi connectivity index (χ0n) is 15.1. The molecule has 2 heterocycles. The number of benzene rings is 1. The summed E-state index contributed by atoms with van der Waals surface area (Å²) in [4.78, 5) is 14.6. The fourth-order valence-electron chi connectivity index (χ4n) is 3.21. The van der Waals surface area contributed by atoms with Crippen LogP contribution in [0.2, 0.25) is 0 Å². The summed E-state index contributed by atoms with van der Waals surface area (Å²) in [5.41, 5.74) is 1.84. The Morgan fingerprint density at radius 1 is 1.24 bits per heavy atom. The van der Waals surface area contributed by atoms with Gasteiger partial charge in [0.1, 0.15) is 5.60 Å². The van der Waals surface area contributed by atoms with Crippen LogP contribution < -0.4 is 5.32 Å². The molecule has 3 rings (SSSR count). The Kier molecular flexibility index (Phi) is 5.33. The van der Waals surface area contributed by atoms with Gasteiger partial charge in [-0.05, 0) is 50.6 Å². The van der Waals surface area contributed by atoms with E-state index in [2.05, 4.69) is 34.3 Å². The third-order valence-electron chi connectivity index (χ3n) is 4.31. The monoisotopic (exact) mass is 358 g/mol. The minimum Gasteiger partial charge on any atom is -0.444 e. The Morgan fingerprint density at radius 3 is 2.64 bits per heavy atom. The maximum absolute atomic E-state index is 12.7. The van der Waals surface area contributed by atoms with Crippen LogP contribution >= 0.6 is 11.3 Å². The predicted octanol–water partition coefficient (Wildman–Crippen LogP) is 5.30. The SMILES string of the molecule is CC(C)(C)OC(=O)N1CCC(Nc2ccsc2)C[C@H]1c1ccccc1. The van der Waals surface area contributed by atoms with E-state index in [4.69, 9.17) is 4.74 Å². The highest BCUT2D eigenvalue weighted by Crippen LogP contribution is 2.33. The van der Waals surface area contributed by atoms with Crippen molar-refractivity contribution >= 4 is 23.1 Å². The maximum atomic E-state index is 12.7. The van der Waals surface area contributed by atoms with Crippen LogP contribution in [0.4, 0.5) is 10.5 Å². The summed E-state index contributed by atoms with van der Waals surface area (Å²) in [5, 5.41) is 7.80. The van der Waals surface area contributed by atoms with Crippen molar-refractivity contribution < 1.29 is 9.53 Å². The lowest BCUT2D eigenvalue weighted by Crippen LogP contribution is -2.46. The molecule has 1 amide bonds. The molecule has 0 bridgehead atoms. The highest BCUT2D eigenvalue weighted by Gasteiger charge is 2.35. The van der Waals surface area contributed by atoms with E-state index in [0.29, 0.717) is 12.6 Å². The molecule has 0 saturated carbocycles. The van der Waals surface area contributed by atoms with Crippen molar-refractivity contribution in [2.45, 2.75) is 51.3 Å². The van der Waals surface area contributed by atoms with E-state index in [0.717, 1.165) is 24.1 Å². The first-order chi connectivity index (χ1) is 11.9. The first-order valence-electron chi connectivity index (χ1n) is 8.76. The van der Waals surface area contributed by atoms with Crippen LogP contribution in [0.15, 0.2) is 47.2 Å². The van der Waals surface area contributed by atoms with Crippen LogP contribution in [0.25, 0.3) is 0 Å². The molecule has 4 nitrogen and oxygen atoms in total. The van der Waals surface area contributed by atoms with Crippen LogP contribution in [0.5, 0.6) is 0 Å². The molecule has 1 N–H and O–H groups in total. The number of piperidine rings is 1. The number of hydrogen-bond acceptors (Lipinski definition) is 4. The van der Waals surface area contributed by atoms with Crippen LogP contribution in [0, 0.1) is 0 Å². The topological polar surface area (TPSA) is 41.6 Å². The number of ether oxygens (including phenoxy) is 1. The molecular formula is C20H26N2O2S. The Bertz CT molecular complexity index is 679. The first-order valence-corrected chi connectivity index (χ1v) is 9.70. The smallest absolute Gasteiger partial charge is 0.410 e. The lowest BCUT2D eigenvalue weighted by Gasteiger charge is -2.40. The highest BCUT2D eigenvalue weighted by atomic mass is 32.1. The van der Waals surface area contributed by atoms with E-state index < -0.39 is 5.60 Å². The molecule has 1 aromatic heterocycles. The Morgan fingerprint density at radius 2 is 2.00 bits per heavy atom. The zero-order chi connectivity index (χ0) is 17.9. The quantitative estimate of drug-likeness (QED) is 0.809. The van der Waals surface area contributed by atoms with Crippen molar-refractivity contribution in [1.29, 1.82) is 0 Å². The third-order valence-corrected chi connectivity index (χ3v) is 4.99. The lowest BCUT2D eigenvalue weighted by molar-refractivity contribution is 0.00858. The summed E-state index contributed by atoms with van der Waals surface area (Å²) in [6.45, 7) is 6.42. The Balaban J connectivity index is 1.77. The summed E-state index contributed by atoms with van der Waals surface area (Å²) in [6, 6.07) is 12.7. The summed E-state index contributed by atoms with van der Waals surface area (Å²) < 4.78 is 5.64. The van der Waals surface area contributed by atoms with Gasteiger partial charge in [0.05, 0.1) is 6.04 Å². The fourth-order valence-corrected chi connectivity index (χ4v) is 3.81. The van der Waals surface area contributed by atoms with Crippen LogP contribution in [0.3, 0.4) is 0 Å². The third kappa shape index (κ3) is 4.75. The van der Waals surface area contributed by atoms with Gasteiger partial charge < -0.3 is 15.0 Å². The van der Waals surface area contributed by atoms with Gasteiger partial charge in [-0.1, -0.05) is 30.3 Å². The van der Waals surface area contributed by atoms with E-state index in [9.17, 15) is 4.79 Å². The minimum absolute atomic E-state index is 0.0286. The molecule has 25 heavy (non-hydrogen) atoms. The van der Waals surface area contributed by atoms with Gasteiger partial charge in [0.15, 0.2) is 0 Å². The molecule has 0 spiro atoms. The van der Waals surface area contributed by atoms with Crippen LogP contribution in [-0.4, -0.2) is 29.2 Å². The Hall–Kier alpha value is -2.01. The molecule has 1 unspecified atom stereocenters. The van der Waals surface area contributed by atoms with Crippen molar-refractivity contribution in [3.8, 4) is 0 Å². The normalized spacial score (nSPS) is 21.0. The molecule has 0 radical (unpaired) electrons. The van der Waals surface area contributed by atoms with E-state index in [1.54, 1.807) is 11.3 Å². The number of anilines is 1. The molecule has 0 aliphatic carbocycles. The van der Waals surface area contributed by atoms with E-state index >= 15 is 0 Å². The van der Waals surface area contributed by atoms with Gasteiger partial charge in [-0.3, -0.25) is 0 Å². The summed E-state index contributed by atoms with van der Waals surface area (Å²) >= 11 is 1.69. The molecule has 2 atom stereocenters. The maximum Gasteiger partial charge on any atom is 0.410 e. The second kappa shape index (κ2) is 7.48. The van der Waals surface area contributed by atoms with Gasteiger partial charge in [0.2, 0.25) is 0 Å². The number of amides is 1. The van der Waals surface area contributed by atoms with Gasteiger partial charge in [-0.15, -0.1) is 0 Å². The number of rotatable bonds is 3. The molecule has 1 aliphatic rings. The molecule has 1 aromatic carbocycles. The van der Waals surface area contributed by atoms with Gasteiger partial charge in [0.25, 0.3) is 0 Å². The molecule has 1 saturated heterocycles. The standard InChI is InChI=1S/C20H26N2O2S/c1-20(2,3)24-19(23)22-11-9-16(21-17-10-12-25-14-17)13-18(22)15-7-5-4-6-8-15/h4-8,10,12,14,16,18,21H,9,11,13H2,1-3H3/t16?,18-/m0/s1. The van der Waals surface area contributed by atoms with Gasteiger partial charge >= 0.3 is 6.09 Å². The number of carbonyl (C=O) groups is 1. The summed E-state index contributed by atoms with van der Waals surface area (Å²) in [7, 11) is 0. The average Bonchev–Trinajstić information content (AvgIpc) is 3.07. The van der Waals surface area contributed by atoms with Gasteiger partial charge in [-0.2, -0.15) is 11.3 Å². The zero-order valence-corrected chi connectivity index (χ0v) is 15.9. The number of nitrogens with zero attached hydrogens (tertiary/aromatic N) is 1. The molecule has 5 heteroatoms. The number of nitrogens with one attached hydrogen (secondary N) is 1. The number of carbonyl (C=O) groups excluding carboxylic acids is 1. The second-order valence-electron chi connectivity index (χ2n) is 7.48. The highest BCUT2D eigenvalue weighted by molar-refractivity contribution is 7.08. The summed E-state index contributed by atoms with van der Waals surface area (Å²) in [5.74, 6) is 0. The predicted molar refractivity (Wildman–Crippen MR) is 103 cm³/mol. The summed E-state index contributed by atoms with van der Waals surface area (Å²) in [6.07, 6.45) is 1.56.